The van der Waals surface area contributed by atoms with Crippen LogP contribution in [0.3, 0.4) is 0 Å². The third kappa shape index (κ3) is 3.49. The molecule has 0 fully saturated rings. The Balaban J connectivity index is 1.59. The quantitative estimate of drug-likeness (QED) is 0.719. The molecule has 0 spiro atoms. The number of hydrogen-bond acceptors (Lipinski definition) is 5. The first-order valence-corrected chi connectivity index (χ1v) is 9.94. The van der Waals surface area contributed by atoms with E-state index in [0.29, 0.717) is 40.0 Å². The summed E-state index contributed by atoms with van der Waals surface area (Å²) in [7, 11) is 0. The Hall–Kier alpha value is -2.61. The van der Waals surface area contributed by atoms with Crippen LogP contribution in [0.15, 0.2) is 27.6 Å². The summed E-state index contributed by atoms with van der Waals surface area (Å²) in [6.07, 6.45) is 4.41. The highest BCUT2D eigenvalue weighted by atomic mass is 32.1. The summed E-state index contributed by atoms with van der Waals surface area (Å²) >= 11 is 1.35. The van der Waals surface area contributed by atoms with Crippen LogP contribution in [0.1, 0.15) is 36.9 Å². The van der Waals surface area contributed by atoms with Gasteiger partial charge in [0.25, 0.3) is 5.56 Å². The molecule has 2 amide bonds. The Morgan fingerprint density at radius 2 is 2.30 bits per heavy atom. The van der Waals surface area contributed by atoms with Gasteiger partial charge in [-0.15, -0.1) is 0 Å². The number of nitrogens with one attached hydrogen (secondary N) is 2. The van der Waals surface area contributed by atoms with Gasteiger partial charge < -0.3 is 9.73 Å². The highest BCUT2D eigenvalue weighted by Gasteiger charge is 2.21. The number of hydrogen-bond donors (Lipinski definition) is 2. The SMILES string of the molecule is Cc1c(NC(=O)NCc2ccco2)sc2nc3n(c(=O)c12)CCC(C)CC3. The molecule has 4 rings (SSSR count). The van der Waals surface area contributed by atoms with Gasteiger partial charge in [0.15, 0.2) is 0 Å². The van der Waals surface area contributed by atoms with Crippen LogP contribution in [0.2, 0.25) is 0 Å². The Morgan fingerprint density at radius 3 is 3.07 bits per heavy atom. The standard InChI is InChI=1S/C19H22N4O3S/c1-11-5-6-14-21-17-15(18(24)23(14)8-7-11)12(2)16(27-17)22-19(25)20-10-13-4-3-9-26-13/h3-4,9,11H,5-8,10H2,1-2H3,(H2,20,22,25). The van der Waals surface area contributed by atoms with E-state index in [1.165, 1.54) is 11.3 Å². The Bertz CT molecular complexity index is 1040. The van der Waals surface area contributed by atoms with Crippen LogP contribution in [0.5, 0.6) is 0 Å². The molecule has 27 heavy (non-hydrogen) atoms. The smallest absolute Gasteiger partial charge is 0.320 e. The second-order valence-electron chi connectivity index (χ2n) is 7.04. The number of amides is 2. The molecule has 1 aliphatic rings. The number of carbonyl (C=O) groups is 1. The van der Waals surface area contributed by atoms with Crippen LogP contribution in [0.4, 0.5) is 9.80 Å². The number of thiophene rings is 1. The lowest BCUT2D eigenvalue weighted by Crippen LogP contribution is -2.28. The van der Waals surface area contributed by atoms with Gasteiger partial charge in [0.05, 0.1) is 18.2 Å². The number of nitrogens with zero attached hydrogens (tertiary/aromatic N) is 2. The molecule has 3 aromatic heterocycles. The predicted molar refractivity (Wildman–Crippen MR) is 105 cm³/mol. The lowest BCUT2D eigenvalue weighted by atomic mass is 10.0. The summed E-state index contributed by atoms with van der Waals surface area (Å²) in [4.78, 5) is 30.7. The van der Waals surface area contributed by atoms with E-state index in [1.807, 2.05) is 11.5 Å². The first kappa shape index (κ1) is 17.8. The molecule has 0 aliphatic carbocycles. The van der Waals surface area contributed by atoms with Crippen molar-refractivity contribution in [3.63, 3.8) is 0 Å². The molecule has 8 heteroatoms. The van der Waals surface area contributed by atoms with Crippen molar-refractivity contribution >= 4 is 32.6 Å². The summed E-state index contributed by atoms with van der Waals surface area (Å²) < 4.78 is 7.01. The minimum absolute atomic E-state index is 0.00175. The molecule has 2 N–H and O–H groups in total. The molecule has 3 aromatic rings. The molecular weight excluding hydrogens is 364 g/mol. The van der Waals surface area contributed by atoms with Gasteiger partial charge in [0.1, 0.15) is 21.4 Å². The highest BCUT2D eigenvalue weighted by molar-refractivity contribution is 7.22. The van der Waals surface area contributed by atoms with E-state index in [2.05, 4.69) is 17.6 Å². The topological polar surface area (TPSA) is 89.2 Å². The van der Waals surface area contributed by atoms with Gasteiger partial charge >= 0.3 is 6.03 Å². The zero-order valence-corrected chi connectivity index (χ0v) is 16.2. The molecule has 1 atom stereocenters. The van der Waals surface area contributed by atoms with Crippen molar-refractivity contribution in [1.29, 1.82) is 0 Å². The van der Waals surface area contributed by atoms with Crippen molar-refractivity contribution in [2.24, 2.45) is 5.92 Å². The first-order valence-electron chi connectivity index (χ1n) is 9.13. The molecular formula is C19H22N4O3S. The summed E-state index contributed by atoms with van der Waals surface area (Å²) in [6.45, 7) is 5.08. The maximum absolute atomic E-state index is 13.0. The minimum atomic E-state index is -0.337. The van der Waals surface area contributed by atoms with Crippen molar-refractivity contribution in [1.82, 2.24) is 14.9 Å². The fourth-order valence-electron chi connectivity index (χ4n) is 3.40. The zero-order chi connectivity index (χ0) is 19.0. The van der Waals surface area contributed by atoms with E-state index in [-0.39, 0.29) is 11.6 Å². The molecule has 1 aliphatic heterocycles. The zero-order valence-electron chi connectivity index (χ0n) is 15.4. The first-order chi connectivity index (χ1) is 13.0. The average molecular weight is 386 g/mol. The fraction of sp³-hybridized carbons (Fsp3) is 0.421. The lowest BCUT2D eigenvalue weighted by molar-refractivity contribution is 0.251. The maximum Gasteiger partial charge on any atom is 0.320 e. The predicted octanol–water partition coefficient (Wildman–Crippen LogP) is 3.65. The molecule has 0 radical (unpaired) electrons. The van der Waals surface area contributed by atoms with E-state index in [0.717, 1.165) is 30.7 Å². The van der Waals surface area contributed by atoms with Gasteiger partial charge in [0, 0.05) is 13.0 Å². The molecule has 0 saturated heterocycles. The van der Waals surface area contributed by atoms with Crippen LogP contribution in [-0.4, -0.2) is 15.6 Å². The molecule has 0 saturated carbocycles. The molecule has 4 heterocycles. The second-order valence-corrected chi connectivity index (χ2v) is 8.04. The van der Waals surface area contributed by atoms with Crippen LogP contribution in [-0.2, 0) is 19.5 Å². The van der Waals surface area contributed by atoms with E-state index in [9.17, 15) is 9.59 Å². The lowest BCUT2D eigenvalue weighted by Gasteiger charge is -2.08. The number of carbonyl (C=O) groups excluding carboxylic acids is 1. The van der Waals surface area contributed by atoms with Crippen molar-refractivity contribution in [3.8, 4) is 0 Å². The maximum atomic E-state index is 13.0. The summed E-state index contributed by atoms with van der Waals surface area (Å²) in [6, 6.07) is 3.23. The number of aromatic nitrogens is 2. The third-order valence-corrected chi connectivity index (χ3v) is 6.17. The third-order valence-electron chi connectivity index (χ3n) is 5.07. The Labute approximate surface area is 160 Å². The number of fused-ring (bicyclic) bond motifs is 2. The number of rotatable bonds is 3. The van der Waals surface area contributed by atoms with Crippen molar-refractivity contribution < 1.29 is 9.21 Å². The van der Waals surface area contributed by atoms with E-state index in [4.69, 9.17) is 9.40 Å². The van der Waals surface area contributed by atoms with Crippen molar-refractivity contribution in [2.45, 2.75) is 46.2 Å². The molecule has 0 aromatic carbocycles. The molecule has 0 bridgehead atoms. The van der Waals surface area contributed by atoms with Crippen molar-refractivity contribution in [2.75, 3.05) is 5.32 Å². The van der Waals surface area contributed by atoms with Crippen LogP contribution < -0.4 is 16.2 Å². The molecule has 1 unspecified atom stereocenters. The van der Waals surface area contributed by atoms with Crippen LogP contribution >= 0.6 is 11.3 Å². The summed E-state index contributed by atoms with van der Waals surface area (Å²) in [5.41, 5.74) is 0.773. The fourth-order valence-corrected chi connectivity index (χ4v) is 4.48. The van der Waals surface area contributed by atoms with Gasteiger partial charge in [-0.1, -0.05) is 18.3 Å². The second kappa shape index (κ2) is 7.19. The molecule has 142 valence electrons. The van der Waals surface area contributed by atoms with E-state index >= 15 is 0 Å². The van der Waals surface area contributed by atoms with Gasteiger partial charge in [-0.2, -0.15) is 0 Å². The highest BCUT2D eigenvalue weighted by Crippen LogP contribution is 2.32. The summed E-state index contributed by atoms with van der Waals surface area (Å²) in [5.74, 6) is 2.13. The number of aryl methyl sites for hydroxylation is 2. The van der Waals surface area contributed by atoms with Crippen LogP contribution in [0, 0.1) is 12.8 Å². The minimum Gasteiger partial charge on any atom is -0.467 e. The monoisotopic (exact) mass is 386 g/mol. The molecule has 7 nitrogen and oxygen atoms in total. The van der Waals surface area contributed by atoms with E-state index < -0.39 is 0 Å². The number of furan rings is 1. The van der Waals surface area contributed by atoms with Crippen LogP contribution in [0.25, 0.3) is 10.2 Å². The normalized spacial score (nSPS) is 16.7. The summed E-state index contributed by atoms with van der Waals surface area (Å²) in [5, 5.41) is 6.85. The Kier molecular flexibility index (Phi) is 4.73. The van der Waals surface area contributed by atoms with Gasteiger partial charge in [0.2, 0.25) is 0 Å². The van der Waals surface area contributed by atoms with Gasteiger partial charge in [-0.3, -0.25) is 14.7 Å². The largest absolute Gasteiger partial charge is 0.467 e. The average Bonchev–Trinajstić information content (AvgIpc) is 3.21. The van der Waals surface area contributed by atoms with Gasteiger partial charge in [-0.25, -0.2) is 9.78 Å². The number of urea groups is 1. The number of anilines is 1. The van der Waals surface area contributed by atoms with E-state index in [1.54, 1.807) is 18.4 Å². The van der Waals surface area contributed by atoms with Gasteiger partial charge in [-0.05, 0) is 43.4 Å². The Morgan fingerprint density at radius 1 is 1.44 bits per heavy atom. The van der Waals surface area contributed by atoms with Crippen molar-refractivity contribution in [3.05, 3.63) is 45.9 Å².